The van der Waals surface area contributed by atoms with Crippen LogP contribution in [0.4, 0.5) is 0 Å². The van der Waals surface area contributed by atoms with Crippen LogP contribution in [0.5, 0.6) is 5.75 Å². The maximum absolute atomic E-state index is 12.9. The number of carbonyl (C=O) groups is 1. The Morgan fingerprint density at radius 3 is 2.97 bits per heavy atom. The average molecular weight is 397 g/mol. The zero-order valence-corrected chi connectivity index (χ0v) is 16.7. The lowest BCUT2D eigenvalue weighted by Gasteiger charge is -2.47. The molecule has 2 aromatic rings. The lowest BCUT2D eigenvalue weighted by atomic mass is 9.71. The molecule has 0 radical (unpaired) electrons. The predicted molar refractivity (Wildman–Crippen MR) is 109 cm³/mol. The van der Waals surface area contributed by atoms with Gasteiger partial charge in [-0.05, 0) is 37.5 Å². The molecule has 2 aliphatic rings. The molecule has 1 aromatic heterocycles. The predicted octanol–water partition coefficient (Wildman–Crippen LogP) is 2.07. The Balaban J connectivity index is 1.50. The molecule has 0 bridgehead atoms. The average Bonchev–Trinajstić information content (AvgIpc) is 2.74. The first-order chi connectivity index (χ1) is 14.0. The number of aliphatic hydroxyl groups is 1. The van der Waals surface area contributed by atoms with Gasteiger partial charge in [-0.15, -0.1) is 0 Å². The van der Waals surface area contributed by atoms with Gasteiger partial charge in [0.25, 0.3) is 5.56 Å². The lowest BCUT2D eigenvalue weighted by Crippen LogP contribution is -2.55. The first-order valence-corrected chi connectivity index (χ1v) is 10.2. The first kappa shape index (κ1) is 19.6. The minimum absolute atomic E-state index is 0.0954. The summed E-state index contributed by atoms with van der Waals surface area (Å²) in [6.07, 6.45) is 4.53. The van der Waals surface area contributed by atoms with Gasteiger partial charge in [0.15, 0.2) is 0 Å². The number of nitrogens with zero attached hydrogens (tertiary/aromatic N) is 3. The van der Waals surface area contributed by atoms with E-state index in [9.17, 15) is 14.7 Å². The number of hydrogen-bond acceptors (Lipinski definition) is 5. The summed E-state index contributed by atoms with van der Waals surface area (Å²) in [5.41, 5.74) is 0.486. The molecule has 2 unspecified atom stereocenters. The molecule has 2 atom stereocenters. The normalized spacial score (nSPS) is 24.1. The summed E-state index contributed by atoms with van der Waals surface area (Å²) < 4.78 is 6.47. The summed E-state index contributed by atoms with van der Waals surface area (Å²) in [5.74, 6) is 0.697. The lowest BCUT2D eigenvalue weighted by molar-refractivity contribution is -0.144. The Morgan fingerprint density at radius 1 is 1.28 bits per heavy atom. The van der Waals surface area contributed by atoms with Crippen molar-refractivity contribution in [1.82, 2.24) is 14.7 Å². The van der Waals surface area contributed by atoms with Crippen LogP contribution >= 0.6 is 0 Å². The van der Waals surface area contributed by atoms with Crippen LogP contribution in [0.2, 0.25) is 0 Å². The van der Waals surface area contributed by atoms with E-state index in [1.807, 2.05) is 24.3 Å². The SMILES string of the molecule is COc1cccc(-c2ccc(=O)n(CC(=O)N3CCC4(O)CCCCC4C3)n2)c1. The Hall–Kier alpha value is -2.67. The summed E-state index contributed by atoms with van der Waals surface area (Å²) in [7, 11) is 1.60. The van der Waals surface area contributed by atoms with Crippen LogP contribution in [0, 0.1) is 5.92 Å². The largest absolute Gasteiger partial charge is 0.497 e. The standard InChI is InChI=1S/C22H27N3O4/c1-29-18-7-4-5-16(13-18)19-8-9-20(26)25(23-19)15-21(27)24-12-11-22(28)10-3-2-6-17(22)14-24/h4-5,7-9,13,17,28H,2-3,6,10-12,14-15H2,1H3. The Morgan fingerprint density at radius 2 is 2.14 bits per heavy atom. The fraction of sp³-hybridized carbons (Fsp3) is 0.500. The smallest absolute Gasteiger partial charge is 0.267 e. The fourth-order valence-corrected chi connectivity index (χ4v) is 4.52. The number of aromatic nitrogens is 2. The minimum Gasteiger partial charge on any atom is -0.497 e. The second-order valence-electron chi connectivity index (χ2n) is 8.08. The van der Waals surface area contributed by atoms with Gasteiger partial charge in [0, 0.05) is 30.6 Å². The summed E-state index contributed by atoms with van der Waals surface area (Å²) in [4.78, 5) is 26.9. The highest BCUT2D eigenvalue weighted by atomic mass is 16.5. The number of ether oxygens (including phenoxy) is 1. The van der Waals surface area contributed by atoms with Crippen molar-refractivity contribution in [1.29, 1.82) is 0 Å². The topological polar surface area (TPSA) is 84.7 Å². The van der Waals surface area contributed by atoms with E-state index < -0.39 is 5.60 Å². The van der Waals surface area contributed by atoms with Crippen LogP contribution in [0.15, 0.2) is 41.2 Å². The van der Waals surface area contributed by atoms with E-state index in [0.717, 1.165) is 31.2 Å². The number of carbonyl (C=O) groups excluding carboxylic acids is 1. The van der Waals surface area contributed by atoms with Crippen molar-refractivity contribution in [2.45, 2.75) is 44.2 Å². The number of fused-ring (bicyclic) bond motifs is 1. The van der Waals surface area contributed by atoms with E-state index in [1.165, 1.54) is 10.7 Å². The van der Waals surface area contributed by atoms with Crippen molar-refractivity contribution in [3.8, 4) is 17.0 Å². The van der Waals surface area contributed by atoms with Gasteiger partial charge in [0.2, 0.25) is 5.91 Å². The van der Waals surface area contributed by atoms with Gasteiger partial charge in [0.1, 0.15) is 12.3 Å². The zero-order valence-electron chi connectivity index (χ0n) is 16.7. The molecule has 1 amide bonds. The van der Waals surface area contributed by atoms with E-state index in [4.69, 9.17) is 4.74 Å². The second-order valence-corrected chi connectivity index (χ2v) is 8.08. The molecule has 1 saturated heterocycles. The van der Waals surface area contributed by atoms with Crippen molar-refractivity contribution in [3.63, 3.8) is 0 Å². The molecule has 154 valence electrons. The Bertz CT molecular complexity index is 957. The number of benzene rings is 1. The van der Waals surface area contributed by atoms with Gasteiger partial charge in [-0.1, -0.05) is 25.0 Å². The van der Waals surface area contributed by atoms with Gasteiger partial charge in [-0.3, -0.25) is 9.59 Å². The molecule has 29 heavy (non-hydrogen) atoms. The van der Waals surface area contributed by atoms with E-state index >= 15 is 0 Å². The van der Waals surface area contributed by atoms with Gasteiger partial charge < -0.3 is 14.7 Å². The monoisotopic (exact) mass is 397 g/mol. The van der Waals surface area contributed by atoms with Crippen molar-refractivity contribution in [2.75, 3.05) is 20.2 Å². The highest BCUT2D eigenvalue weighted by Crippen LogP contribution is 2.39. The number of hydrogen-bond donors (Lipinski definition) is 1. The molecule has 1 N–H and O–H groups in total. The maximum atomic E-state index is 12.9. The highest BCUT2D eigenvalue weighted by molar-refractivity contribution is 5.76. The van der Waals surface area contributed by atoms with Crippen molar-refractivity contribution >= 4 is 5.91 Å². The number of piperidine rings is 1. The molecule has 7 heteroatoms. The van der Waals surface area contributed by atoms with Crippen LogP contribution in [-0.4, -0.2) is 51.5 Å². The maximum Gasteiger partial charge on any atom is 0.267 e. The molecular weight excluding hydrogens is 370 g/mol. The quantitative estimate of drug-likeness (QED) is 0.854. The third-order valence-electron chi connectivity index (χ3n) is 6.30. The number of likely N-dealkylation sites (tertiary alicyclic amines) is 1. The van der Waals surface area contributed by atoms with E-state index in [1.54, 1.807) is 18.1 Å². The van der Waals surface area contributed by atoms with Gasteiger partial charge in [-0.25, -0.2) is 4.68 Å². The van der Waals surface area contributed by atoms with Crippen molar-refractivity contribution in [3.05, 3.63) is 46.8 Å². The third-order valence-corrected chi connectivity index (χ3v) is 6.30. The summed E-state index contributed by atoms with van der Waals surface area (Å²) in [6.45, 7) is 0.984. The minimum atomic E-state index is -0.629. The molecule has 1 aliphatic carbocycles. The number of amides is 1. The fourth-order valence-electron chi connectivity index (χ4n) is 4.52. The van der Waals surface area contributed by atoms with Crippen molar-refractivity contribution < 1.29 is 14.6 Å². The second kappa shape index (κ2) is 7.99. The van der Waals surface area contributed by atoms with Crippen LogP contribution in [0.1, 0.15) is 32.1 Å². The molecule has 2 fully saturated rings. The first-order valence-electron chi connectivity index (χ1n) is 10.2. The van der Waals surface area contributed by atoms with Gasteiger partial charge in [-0.2, -0.15) is 5.10 Å². The number of methoxy groups -OCH3 is 1. The molecule has 1 aliphatic heterocycles. The summed E-state index contributed by atoms with van der Waals surface area (Å²) in [6, 6.07) is 10.5. The van der Waals surface area contributed by atoms with E-state index in [2.05, 4.69) is 5.10 Å². The molecule has 1 saturated carbocycles. The van der Waals surface area contributed by atoms with Gasteiger partial charge in [0.05, 0.1) is 18.4 Å². The Labute approximate surface area is 169 Å². The van der Waals surface area contributed by atoms with Crippen LogP contribution in [-0.2, 0) is 11.3 Å². The van der Waals surface area contributed by atoms with Crippen LogP contribution in [0.3, 0.4) is 0 Å². The summed E-state index contributed by atoms with van der Waals surface area (Å²) >= 11 is 0. The molecule has 2 heterocycles. The van der Waals surface area contributed by atoms with Crippen molar-refractivity contribution in [2.24, 2.45) is 5.92 Å². The molecule has 0 spiro atoms. The third kappa shape index (κ3) is 4.05. The molecular formula is C22H27N3O4. The Kier molecular flexibility index (Phi) is 5.41. The zero-order chi connectivity index (χ0) is 20.4. The number of rotatable bonds is 4. The van der Waals surface area contributed by atoms with Crippen LogP contribution < -0.4 is 10.3 Å². The van der Waals surface area contributed by atoms with Crippen LogP contribution in [0.25, 0.3) is 11.3 Å². The summed E-state index contributed by atoms with van der Waals surface area (Å²) in [5, 5.41) is 15.2. The molecule has 7 nitrogen and oxygen atoms in total. The molecule has 4 rings (SSSR count). The molecule has 1 aromatic carbocycles. The van der Waals surface area contributed by atoms with E-state index in [-0.39, 0.29) is 23.9 Å². The highest BCUT2D eigenvalue weighted by Gasteiger charge is 2.43. The van der Waals surface area contributed by atoms with E-state index in [0.29, 0.717) is 31.0 Å². The van der Waals surface area contributed by atoms with Gasteiger partial charge >= 0.3 is 0 Å².